The number of hydrogen-bond donors (Lipinski definition) is 0. The van der Waals surface area contributed by atoms with E-state index in [-0.39, 0.29) is 0 Å². The standard InChI is InChI=1S/C36H44Br2N2O2/c1-3-5-7-9-11-13-25-41-29-19-15-27(16-20-29)34-35(40-36-32(39-34)24-23-31(37)33(36)38)28-17-21-30(22-18-28)42-26-14-12-10-8-6-4-2/h15-24H,3-14,25-26H2,1-2H3. The third-order valence-electron chi connectivity index (χ3n) is 7.52. The van der Waals surface area contributed by atoms with Crippen LogP contribution in [0, 0.1) is 0 Å². The highest BCUT2D eigenvalue weighted by Gasteiger charge is 2.16. The first-order valence-electron chi connectivity index (χ1n) is 15.7. The molecule has 4 nitrogen and oxygen atoms in total. The maximum Gasteiger partial charge on any atom is 0.119 e. The number of aromatic nitrogens is 2. The van der Waals surface area contributed by atoms with Gasteiger partial charge in [-0.2, -0.15) is 0 Å². The first-order valence-corrected chi connectivity index (χ1v) is 17.3. The fraction of sp³-hybridized carbons (Fsp3) is 0.444. The summed E-state index contributed by atoms with van der Waals surface area (Å²) in [5, 5.41) is 0. The molecule has 0 aliphatic rings. The van der Waals surface area contributed by atoms with Gasteiger partial charge in [-0.15, -0.1) is 0 Å². The predicted molar refractivity (Wildman–Crippen MR) is 184 cm³/mol. The molecule has 1 heterocycles. The molecule has 4 aromatic rings. The Morgan fingerprint density at radius 2 is 0.976 bits per heavy atom. The molecule has 0 aliphatic heterocycles. The number of rotatable bonds is 18. The van der Waals surface area contributed by atoms with Crippen molar-refractivity contribution >= 4 is 42.9 Å². The summed E-state index contributed by atoms with van der Waals surface area (Å²) in [6.07, 6.45) is 15.1. The Hall–Kier alpha value is -2.44. The van der Waals surface area contributed by atoms with Crippen molar-refractivity contribution in [1.82, 2.24) is 9.97 Å². The van der Waals surface area contributed by atoms with Crippen LogP contribution in [0.25, 0.3) is 33.5 Å². The van der Waals surface area contributed by atoms with E-state index in [2.05, 4.69) is 70.0 Å². The minimum Gasteiger partial charge on any atom is -0.494 e. The molecule has 4 rings (SSSR count). The SMILES string of the molecule is CCCCCCCCOc1ccc(-c2nc3ccc(Br)c(Br)c3nc2-c2ccc(OCCCCCCCC)cc2)cc1. The van der Waals surface area contributed by atoms with Crippen LogP contribution in [0.1, 0.15) is 90.9 Å². The van der Waals surface area contributed by atoms with Gasteiger partial charge in [0.2, 0.25) is 0 Å². The Bertz CT molecular complexity index is 1370. The van der Waals surface area contributed by atoms with Gasteiger partial charge in [-0.3, -0.25) is 0 Å². The quantitative estimate of drug-likeness (QED) is 0.0972. The summed E-state index contributed by atoms with van der Waals surface area (Å²) in [5.74, 6) is 1.78. The van der Waals surface area contributed by atoms with Crippen LogP contribution in [-0.2, 0) is 0 Å². The highest BCUT2D eigenvalue weighted by atomic mass is 79.9. The highest BCUT2D eigenvalue weighted by Crippen LogP contribution is 2.36. The van der Waals surface area contributed by atoms with Crippen molar-refractivity contribution in [3.63, 3.8) is 0 Å². The Morgan fingerprint density at radius 3 is 1.48 bits per heavy atom. The van der Waals surface area contributed by atoms with E-state index in [1.807, 2.05) is 36.4 Å². The molecule has 0 saturated carbocycles. The molecule has 0 radical (unpaired) electrons. The fourth-order valence-electron chi connectivity index (χ4n) is 5.03. The predicted octanol–water partition coefficient (Wildman–Crippen LogP) is 12.0. The van der Waals surface area contributed by atoms with Gasteiger partial charge in [0.25, 0.3) is 0 Å². The number of benzene rings is 3. The van der Waals surface area contributed by atoms with Gasteiger partial charge >= 0.3 is 0 Å². The summed E-state index contributed by atoms with van der Waals surface area (Å²) < 4.78 is 13.9. The lowest BCUT2D eigenvalue weighted by Crippen LogP contribution is -1.99. The van der Waals surface area contributed by atoms with Gasteiger partial charge in [0.05, 0.1) is 34.6 Å². The highest BCUT2D eigenvalue weighted by molar-refractivity contribution is 9.13. The number of halogens is 2. The van der Waals surface area contributed by atoms with Crippen LogP contribution in [-0.4, -0.2) is 23.2 Å². The second kappa shape index (κ2) is 17.6. The molecule has 0 bridgehead atoms. The van der Waals surface area contributed by atoms with E-state index in [0.29, 0.717) is 0 Å². The number of unbranched alkanes of at least 4 members (excludes halogenated alkanes) is 10. The zero-order chi connectivity index (χ0) is 29.6. The van der Waals surface area contributed by atoms with Gasteiger partial charge in [-0.1, -0.05) is 78.1 Å². The average Bonchev–Trinajstić information content (AvgIpc) is 3.02. The smallest absolute Gasteiger partial charge is 0.119 e. The molecule has 0 spiro atoms. The third-order valence-corrected chi connectivity index (χ3v) is 9.51. The lowest BCUT2D eigenvalue weighted by atomic mass is 10.0. The maximum atomic E-state index is 6.04. The van der Waals surface area contributed by atoms with E-state index in [9.17, 15) is 0 Å². The summed E-state index contributed by atoms with van der Waals surface area (Å²) in [6, 6.07) is 20.5. The fourth-order valence-corrected chi connectivity index (χ4v) is 5.77. The Balaban J connectivity index is 1.49. The largest absolute Gasteiger partial charge is 0.494 e. The summed E-state index contributed by atoms with van der Waals surface area (Å²) >= 11 is 7.33. The zero-order valence-corrected chi connectivity index (χ0v) is 28.3. The zero-order valence-electron chi connectivity index (χ0n) is 25.1. The lowest BCUT2D eigenvalue weighted by Gasteiger charge is -2.13. The van der Waals surface area contributed by atoms with Gasteiger partial charge in [0.15, 0.2) is 0 Å². The normalized spacial score (nSPS) is 11.2. The number of nitrogens with zero attached hydrogens (tertiary/aromatic N) is 2. The van der Waals surface area contributed by atoms with Crippen molar-refractivity contribution in [1.29, 1.82) is 0 Å². The molecule has 6 heteroatoms. The van der Waals surface area contributed by atoms with Crippen molar-refractivity contribution in [2.45, 2.75) is 90.9 Å². The van der Waals surface area contributed by atoms with E-state index in [4.69, 9.17) is 19.4 Å². The Labute approximate surface area is 268 Å². The molecule has 42 heavy (non-hydrogen) atoms. The lowest BCUT2D eigenvalue weighted by molar-refractivity contribution is 0.304. The van der Waals surface area contributed by atoms with Gasteiger partial charge < -0.3 is 9.47 Å². The molecule has 0 atom stereocenters. The van der Waals surface area contributed by atoms with Crippen molar-refractivity contribution in [2.75, 3.05) is 13.2 Å². The summed E-state index contributed by atoms with van der Waals surface area (Å²) in [5.41, 5.74) is 5.36. The van der Waals surface area contributed by atoms with Crippen LogP contribution in [0.3, 0.4) is 0 Å². The molecule has 224 valence electrons. The van der Waals surface area contributed by atoms with E-state index in [1.165, 1.54) is 64.2 Å². The molecule has 3 aromatic carbocycles. The molecule has 0 amide bonds. The monoisotopic (exact) mass is 694 g/mol. The Kier molecular flexibility index (Phi) is 13.6. The first-order chi connectivity index (χ1) is 20.6. The molecular weight excluding hydrogens is 652 g/mol. The molecular formula is C36H44Br2N2O2. The van der Waals surface area contributed by atoms with Crippen LogP contribution in [0.5, 0.6) is 11.5 Å². The van der Waals surface area contributed by atoms with Crippen LogP contribution in [0.4, 0.5) is 0 Å². The van der Waals surface area contributed by atoms with E-state index in [1.54, 1.807) is 0 Å². The molecule has 1 aromatic heterocycles. The topological polar surface area (TPSA) is 44.2 Å². The van der Waals surface area contributed by atoms with E-state index >= 15 is 0 Å². The minimum absolute atomic E-state index is 0.751. The van der Waals surface area contributed by atoms with Crippen molar-refractivity contribution < 1.29 is 9.47 Å². The van der Waals surface area contributed by atoms with Crippen LogP contribution >= 0.6 is 31.9 Å². The molecule has 0 aliphatic carbocycles. The van der Waals surface area contributed by atoms with Crippen LogP contribution < -0.4 is 9.47 Å². The van der Waals surface area contributed by atoms with Gasteiger partial charge in [-0.25, -0.2) is 9.97 Å². The summed E-state index contributed by atoms with van der Waals surface area (Å²) in [7, 11) is 0. The van der Waals surface area contributed by atoms with Gasteiger partial charge in [0.1, 0.15) is 17.0 Å². The van der Waals surface area contributed by atoms with Gasteiger partial charge in [-0.05, 0) is 105 Å². The summed E-state index contributed by atoms with van der Waals surface area (Å²) in [4.78, 5) is 10.2. The molecule has 0 N–H and O–H groups in total. The van der Waals surface area contributed by atoms with Gasteiger partial charge in [0, 0.05) is 15.6 Å². The van der Waals surface area contributed by atoms with Crippen molar-refractivity contribution in [3.8, 4) is 34.0 Å². The molecule has 0 unspecified atom stereocenters. The van der Waals surface area contributed by atoms with E-state index in [0.717, 1.165) is 80.0 Å². The number of hydrogen-bond acceptors (Lipinski definition) is 4. The number of ether oxygens (including phenoxy) is 2. The van der Waals surface area contributed by atoms with Crippen LogP contribution in [0.15, 0.2) is 69.6 Å². The Morgan fingerprint density at radius 1 is 0.524 bits per heavy atom. The van der Waals surface area contributed by atoms with Crippen molar-refractivity contribution in [2.24, 2.45) is 0 Å². The second-order valence-electron chi connectivity index (χ2n) is 10.9. The third kappa shape index (κ3) is 9.54. The summed E-state index contributed by atoms with van der Waals surface area (Å²) in [6.45, 7) is 6.00. The first kappa shape index (κ1) is 32.5. The average molecular weight is 697 g/mol. The van der Waals surface area contributed by atoms with E-state index < -0.39 is 0 Å². The minimum atomic E-state index is 0.751. The molecule has 0 fully saturated rings. The maximum absolute atomic E-state index is 6.04. The molecule has 0 saturated heterocycles. The second-order valence-corrected chi connectivity index (χ2v) is 12.6. The van der Waals surface area contributed by atoms with Crippen molar-refractivity contribution in [3.05, 3.63) is 69.6 Å². The van der Waals surface area contributed by atoms with Crippen LogP contribution in [0.2, 0.25) is 0 Å². The number of fused-ring (bicyclic) bond motifs is 1.